The average molecular weight is 252 g/mol. The highest BCUT2D eigenvalue weighted by molar-refractivity contribution is 5.69. The molecule has 0 aromatic carbocycles. The standard InChI is InChI=1S/C13H20N2O3/c1-11-3-4-12(18-11)9-14-5-2-6-15(8-7-14)10-13(16)17/h3-4H,2,5-10H2,1H3,(H,16,17). The zero-order valence-corrected chi connectivity index (χ0v) is 10.8. The third-order valence-electron chi connectivity index (χ3n) is 3.22. The maximum atomic E-state index is 10.7. The largest absolute Gasteiger partial charge is 0.480 e. The summed E-state index contributed by atoms with van der Waals surface area (Å²) < 4.78 is 5.57. The number of rotatable bonds is 4. The van der Waals surface area contributed by atoms with E-state index in [0.29, 0.717) is 0 Å². The Labute approximate surface area is 107 Å². The van der Waals surface area contributed by atoms with E-state index in [1.54, 1.807) is 0 Å². The smallest absolute Gasteiger partial charge is 0.317 e. The van der Waals surface area contributed by atoms with Crippen LogP contribution in [0.5, 0.6) is 0 Å². The van der Waals surface area contributed by atoms with Crippen LogP contribution in [-0.2, 0) is 11.3 Å². The lowest BCUT2D eigenvalue weighted by atomic mass is 10.3. The second-order valence-electron chi connectivity index (χ2n) is 4.81. The van der Waals surface area contributed by atoms with Crippen molar-refractivity contribution in [3.8, 4) is 0 Å². The highest BCUT2D eigenvalue weighted by atomic mass is 16.4. The van der Waals surface area contributed by atoms with Gasteiger partial charge in [0.25, 0.3) is 0 Å². The minimum Gasteiger partial charge on any atom is -0.480 e. The number of hydrogen-bond acceptors (Lipinski definition) is 4. The van der Waals surface area contributed by atoms with E-state index in [4.69, 9.17) is 9.52 Å². The lowest BCUT2D eigenvalue weighted by molar-refractivity contribution is -0.138. The second-order valence-corrected chi connectivity index (χ2v) is 4.81. The van der Waals surface area contributed by atoms with Gasteiger partial charge in [-0.3, -0.25) is 14.6 Å². The van der Waals surface area contributed by atoms with Crippen molar-refractivity contribution in [1.82, 2.24) is 9.80 Å². The lowest BCUT2D eigenvalue weighted by Crippen LogP contribution is -2.33. The SMILES string of the molecule is Cc1ccc(CN2CCCN(CC(=O)O)CC2)o1. The summed E-state index contributed by atoms with van der Waals surface area (Å²) in [7, 11) is 0. The number of aliphatic carboxylic acids is 1. The Hall–Kier alpha value is -1.33. The molecule has 5 nitrogen and oxygen atoms in total. The molecule has 1 saturated heterocycles. The first-order valence-corrected chi connectivity index (χ1v) is 6.35. The summed E-state index contributed by atoms with van der Waals surface area (Å²) in [6, 6.07) is 3.99. The van der Waals surface area contributed by atoms with E-state index in [2.05, 4.69) is 4.90 Å². The summed E-state index contributed by atoms with van der Waals surface area (Å²) in [6.45, 7) is 6.47. The normalized spacial score (nSPS) is 18.7. The molecule has 1 aliphatic rings. The summed E-state index contributed by atoms with van der Waals surface area (Å²) in [5.41, 5.74) is 0. The molecular weight excluding hydrogens is 232 g/mol. The quantitative estimate of drug-likeness (QED) is 0.872. The van der Waals surface area contributed by atoms with E-state index < -0.39 is 5.97 Å². The number of aryl methyl sites for hydroxylation is 1. The third-order valence-corrected chi connectivity index (χ3v) is 3.22. The van der Waals surface area contributed by atoms with E-state index in [9.17, 15) is 4.79 Å². The molecule has 0 bridgehead atoms. The molecule has 18 heavy (non-hydrogen) atoms. The number of nitrogens with zero attached hydrogens (tertiary/aromatic N) is 2. The monoisotopic (exact) mass is 252 g/mol. The summed E-state index contributed by atoms with van der Waals surface area (Å²) in [4.78, 5) is 15.0. The summed E-state index contributed by atoms with van der Waals surface area (Å²) >= 11 is 0. The highest BCUT2D eigenvalue weighted by Gasteiger charge is 2.17. The second kappa shape index (κ2) is 6.02. The van der Waals surface area contributed by atoms with Crippen LogP contribution >= 0.6 is 0 Å². The van der Waals surface area contributed by atoms with Crippen molar-refractivity contribution in [1.29, 1.82) is 0 Å². The van der Waals surface area contributed by atoms with E-state index >= 15 is 0 Å². The Morgan fingerprint density at radius 1 is 1.28 bits per heavy atom. The Bertz CT molecular complexity index is 403. The minimum atomic E-state index is -0.745. The summed E-state index contributed by atoms with van der Waals surface area (Å²) in [5.74, 6) is 1.18. The molecule has 1 aliphatic heterocycles. The molecule has 5 heteroatoms. The lowest BCUT2D eigenvalue weighted by Gasteiger charge is -2.19. The molecule has 1 N–H and O–H groups in total. The van der Waals surface area contributed by atoms with Crippen molar-refractivity contribution < 1.29 is 14.3 Å². The van der Waals surface area contributed by atoms with Crippen LogP contribution in [0.3, 0.4) is 0 Å². The molecule has 100 valence electrons. The molecule has 1 aromatic rings. The van der Waals surface area contributed by atoms with Crippen molar-refractivity contribution in [2.24, 2.45) is 0 Å². The van der Waals surface area contributed by atoms with Gasteiger partial charge in [-0.2, -0.15) is 0 Å². The maximum Gasteiger partial charge on any atom is 0.317 e. The predicted octanol–water partition coefficient (Wildman–Crippen LogP) is 1.18. The van der Waals surface area contributed by atoms with E-state index in [1.165, 1.54) is 0 Å². The number of carboxylic acids is 1. The Morgan fingerprint density at radius 3 is 2.67 bits per heavy atom. The van der Waals surface area contributed by atoms with Crippen molar-refractivity contribution in [2.45, 2.75) is 19.9 Å². The van der Waals surface area contributed by atoms with Gasteiger partial charge in [0, 0.05) is 19.6 Å². The van der Waals surface area contributed by atoms with E-state index in [0.717, 1.165) is 50.7 Å². The number of furan rings is 1. The van der Waals surface area contributed by atoms with Crippen LogP contribution in [0.25, 0.3) is 0 Å². The topological polar surface area (TPSA) is 56.9 Å². The van der Waals surface area contributed by atoms with Crippen LogP contribution in [0.2, 0.25) is 0 Å². The Balaban J connectivity index is 1.83. The summed E-state index contributed by atoms with van der Waals surface area (Å²) in [6.07, 6.45) is 1.01. The van der Waals surface area contributed by atoms with Crippen molar-refractivity contribution >= 4 is 5.97 Å². The molecule has 2 heterocycles. The number of carbonyl (C=O) groups is 1. The van der Waals surface area contributed by atoms with Crippen LogP contribution in [-0.4, -0.2) is 53.6 Å². The minimum absolute atomic E-state index is 0.147. The molecular formula is C13H20N2O3. The van der Waals surface area contributed by atoms with Gasteiger partial charge in [-0.1, -0.05) is 0 Å². The fraction of sp³-hybridized carbons (Fsp3) is 0.615. The van der Waals surface area contributed by atoms with Gasteiger partial charge in [0.15, 0.2) is 0 Å². The molecule has 0 unspecified atom stereocenters. The fourth-order valence-electron chi connectivity index (χ4n) is 2.32. The molecule has 1 aromatic heterocycles. The van der Waals surface area contributed by atoms with Crippen LogP contribution < -0.4 is 0 Å². The molecule has 1 fully saturated rings. The van der Waals surface area contributed by atoms with Crippen LogP contribution in [0.1, 0.15) is 17.9 Å². The molecule has 0 radical (unpaired) electrons. The van der Waals surface area contributed by atoms with Crippen molar-refractivity contribution in [3.63, 3.8) is 0 Å². The Kier molecular flexibility index (Phi) is 4.38. The zero-order valence-electron chi connectivity index (χ0n) is 10.8. The number of hydrogen-bond donors (Lipinski definition) is 1. The van der Waals surface area contributed by atoms with Gasteiger partial charge < -0.3 is 9.52 Å². The van der Waals surface area contributed by atoms with Gasteiger partial charge in [-0.15, -0.1) is 0 Å². The first-order chi connectivity index (χ1) is 8.63. The van der Waals surface area contributed by atoms with Crippen molar-refractivity contribution in [2.75, 3.05) is 32.7 Å². The van der Waals surface area contributed by atoms with Gasteiger partial charge in [0.05, 0.1) is 13.1 Å². The molecule has 0 atom stereocenters. The van der Waals surface area contributed by atoms with Crippen LogP contribution in [0.15, 0.2) is 16.5 Å². The molecule has 2 rings (SSSR count). The molecule has 0 saturated carbocycles. The summed E-state index contributed by atoms with van der Waals surface area (Å²) in [5, 5.41) is 8.79. The predicted molar refractivity (Wildman–Crippen MR) is 67.4 cm³/mol. The van der Waals surface area contributed by atoms with Crippen LogP contribution in [0, 0.1) is 6.92 Å². The molecule has 0 spiro atoms. The zero-order chi connectivity index (χ0) is 13.0. The van der Waals surface area contributed by atoms with Crippen molar-refractivity contribution in [3.05, 3.63) is 23.7 Å². The first-order valence-electron chi connectivity index (χ1n) is 6.35. The first kappa shape index (κ1) is 13.1. The molecule has 0 aliphatic carbocycles. The van der Waals surface area contributed by atoms with Gasteiger partial charge >= 0.3 is 5.97 Å². The highest BCUT2D eigenvalue weighted by Crippen LogP contribution is 2.11. The van der Waals surface area contributed by atoms with Gasteiger partial charge in [0.1, 0.15) is 11.5 Å². The van der Waals surface area contributed by atoms with E-state index in [1.807, 2.05) is 24.0 Å². The van der Waals surface area contributed by atoms with Gasteiger partial charge in [-0.05, 0) is 32.0 Å². The average Bonchev–Trinajstić information content (AvgIpc) is 2.57. The maximum absolute atomic E-state index is 10.7. The van der Waals surface area contributed by atoms with Gasteiger partial charge in [-0.25, -0.2) is 0 Å². The van der Waals surface area contributed by atoms with Crippen LogP contribution in [0.4, 0.5) is 0 Å². The number of carboxylic acid groups (broad SMARTS) is 1. The molecule has 0 amide bonds. The third kappa shape index (κ3) is 3.85. The van der Waals surface area contributed by atoms with Gasteiger partial charge in [0.2, 0.25) is 0 Å². The van der Waals surface area contributed by atoms with E-state index in [-0.39, 0.29) is 6.54 Å². The Morgan fingerprint density at radius 2 is 2.00 bits per heavy atom. The fourth-order valence-corrected chi connectivity index (χ4v) is 2.32.